The number of carbonyl (C=O) groups is 1. The van der Waals surface area contributed by atoms with Gasteiger partial charge in [-0.2, -0.15) is 0 Å². The van der Waals surface area contributed by atoms with Gasteiger partial charge in [-0.1, -0.05) is 28.1 Å². The largest absolute Gasteiger partial charge is 0.507 e. The third-order valence-electron chi connectivity index (χ3n) is 2.76. The van der Waals surface area contributed by atoms with Crippen molar-refractivity contribution in [3.8, 4) is 11.5 Å². The zero-order chi connectivity index (χ0) is 14.5. The molecule has 0 aliphatic rings. The van der Waals surface area contributed by atoms with Gasteiger partial charge in [-0.25, -0.2) is 0 Å². The highest BCUT2D eigenvalue weighted by Crippen LogP contribution is 2.23. The minimum Gasteiger partial charge on any atom is -0.507 e. The van der Waals surface area contributed by atoms with Crippen LogP contribution < -0.4 is 4.74 Å². The monoisotopic (exact) mass is 332 g/mol. The van der Waals surface area contributed by atoms with Gasteiger partial charge in [0.15, 0.2) is 5.78 Å². The van der Waals surface area contributed by atoms with Gasteiger partial charge in [0.25, 0.3) is 0 Å². The number of rotatable bonds is 4. The fourth-order valence-corrected chi connectivity index (χ4v) is 2.08. The molecule has 0 aromatic heterocycles. The van der Waals surface area contributed by atoms with E-state index in [-0.39, 0.29) is 11.5 Å². The van der Waals surface area contributed by atoms with Gasteiger partial charge < -0.3 is 9.84 Å². The number of carbonyl (C=O) groups excluding carboxylic acids is 1. The second-order valence-electron chi connectivity index (χ2n) is 4.13. The maximum atomic E-state index is 12.0. The van der Waals surface area contributed by atoms with Crippen LogP contribution in [-0.4, -0.2) is 18.0 Å². The Bertz CT molecular complexity index is 663. The van der Waals surface area contributed by atoms with Crippen LogP contribution in [0.3, 0.4) is 0 Å². The van der Waals surface area contributed by atoms with E-state index < -0.39 is 0 Å². The molecule has 0 saturated heterocycles. The Morgan fingerprint density at radius 2 is 2.05 bits per heavy atom. The van der Waals surface area contributed by atoms with Crippen molar-refractivity contribution in [1.82, 2.24) is 0 Å². The average Bonchev–Trinajstić information content (AvgIpc) is 2.48. The lowest BCUT2D eigenvalue weighted by atomic mass is 10.1. The summed E-state index contributed by atoms with van der Waals surface area (Å²) >= 11 is 3.32. The van der Waals surface area contributed by atoms with Crippen LogP contribution in [0.5, 0.6) is 11.5 Å². The van der Waals surface area contributed by atoms with Crippen LogP contribution in [-0.2, 0) is 0 Å². The maximum Gasteiger partial charge on any atom is 0.185 e. The minimum atomic E-state index is -0.150. The highest BCUT2D eigenvalue weighted by Gasteiger charge is 2.04. The third-order valence-corrected chi connectivity index (χ3v) is 3.25. The highest BCUT2D eigenvalue weighted by molar-refractivity contribution is 9.10. The molecule has 0 aliphatic carbocycles. The Hall–Kier alpha value is -2.07. The molecule has 102 valence electrons. The number of ketones is 1. The fraction of sp³-hybridized carbons (Fsp3) is 0.0625. The van der Waals surface area contributed by atoms with Crippen LogP contribution in [0.25, 0.3) is 6.08 Å². The first-order valence-corrected chi connectivity index (χ1v) is 6.74. The molecule has 0 fully saturated rings. The van der Waals surface area contributed by atoms with Crippen LogP contribution >= 0.6 is 15.9 Å². The van der Waals surface area contributed by atoms with Crippen LogP contribution in [0.15, 0.2) is 53.0 Å². The fourth-order valence-electron chi connectivity index (χ4n) is 1.70. The second kappa shape index (κ2) is 6.39. The normalized spacial score (nSPS) is 10.7. The highest BCUT2D eigenvalue weighted by atomic mass is 79.9. The molecule has 0 aliphatic heterocycles. The molecular weight excluding hydrogens is 320 g/mol. The van der Waals surface area contributed by atoms with Gasteiger partial charge in [-0.05, 0) is 42.5 Å². The predicted molar refractivity (Wildman–Crippen MR) is 82.2 cm³/mol. The number of benzene rings is 2. The molecule has 3 nitrogen and oxygen atoms in total. The smallest absolute Gasteiger partial charge is 0.185 e. The number of aromatic hydroxyl groups is 1. The summed E-state index contributed by atoms with van der Waals surface area (Å²) in [4.78, 5) is 12.0. The lowest BCUT2D eigenvalue weighted by Gasteiger charge is -2.02. The molecule has 0 heterocycles. The molecule has 0 atom stereocenters. The predicted octanol–water partition coefficient (Wildman–Crippen LogP) is 4.06. The van der Waals surface area contributed by atoms with Crippen molar-refractivity contribution in [2.75, 3.05) is 7.11 Å². The summed E-state index contributed by atoms with van der Waals surface area (Å²) in [6.45, 7) is 0. The molecule has 0 spiro atoms. The molecular formula is C16H13BrO3. The van der Waals surface area contributed by atoms with E-state index in [0.717, 1.165) is 4.47 Å². The maximum absolute atomic E-state index is 12.0. The first-order valence-electron chi connectivity index (χ1n) is 5.95. The first-order chi connectivity index (χ1) is 9.60. The van der Waals surface area contributed by atoms with E-state index >= 15 is 0 Å². The Labute approximate surface area is 125 Å². The van der Waals surface area contributed by atoms with Crippen molar-refractivity contribution in [1.29, 1.82) is 0 Å². The van der Waals surface area contributed by atoms with Crippen molar-refractivity contribution in [3.63, 3.8) is 0 Å². The van der Waals surface area contributed by atoms with Crippen molar-refractivity contribution in [3.05, 3.63) is 64.1 Å². The van der Waals surface area contributed by atoms with Crippen molar-refractivity contribution in [2.24, 2.45) is 0 Å². The minimum absolute atomic E-state index is 0.128. The molecule has 1 N–H and O–H groups in total. The third kappa shape index (κ3) is 3.48. The van der Waals surface area contributed by atoms with E-state index in [1.807, 2.05) is 0 Å². The van der Waals surface area contributed by atoms with Gasteiger partial charge in [0.05, 0.1) is 7.11 Å². The Morgan fingerprint density at radius 1 is 1.25 bits per heavy atom. The second-order valence-corrected chi connectivity index (χ2v) is 5.05. The van der Waals surface area contributed by atoms with E-state index in [1.54, 1.807) is 55.7 Å². The van der Waals surface area contributed by atoms with E-state index in [1.165, 1.54) is 6.08 Å². The van der Waals surface area contributed by atoms with E-state index in [9.17, 15) is 9.90 Å². The molecule has 20 heavy (non-hydrogen) atoms. The number of hydrogen-bond acceptors (Lipinski definition) is 3. The Morgan fingerprint density at radius 3 is 2.80 bits per heavy atom. The lowest BCUT2D eigenvalue weighted by Crippen LogP contribution is -1.94. The molecule has 2 aromatic carbocycles. The van der Waals surface area contributed by atoms with Crippen molar-refractivity contribution in [2.45, 2.75) is 0 Å². The standard InChI is InChI=1S/C16H13BrO3/c1-20-14-4-2-3-11(10-14)15(18)7-5-12-9-13(17)6-8-16(12)19/h2-10,19H,1H3/b7-5+. The van der Waals surface area contributed by atoms with Crippen LogP contribution in [0.2, 0.25) is 0 Å². The molecule has 4 heteroatoms. The summed E-state index contributed by atoms with van der Waals surface area (Å²) in [6, 6.07) is 12.0. The zero-order valence-corrected chi connectivity index (χ0v) is 12.4. The van der Waals surface area contributed by atoms with Gasteiger partial charge in [0, 0.05) is 15.6 Å². The molecule has 0 bridgehead atoms. The quantitative estimate of drug-likeness (QED) is 0.678. The summed E-state index contributed by atoms with van der Waals surface area (Å²) < 4.78 is 5.92. The first kappa shape index (κ1) is 14.3. The summed E-state index contributed by atoms with van der Waals surface area (Å²) in [5, 5.41) is 9.70. The Balaban J connectivity index is 2.22. The van der Waals surface area contributed by atoms with E-state index in [0.29, 0.717) is 16.9 Å². The van der Waals surface area contributed by atoms with Gasteiger partial charge in [0.2, 0.25) is 0 Å². The van der Waals surface area contributed by atoms with Crippen LogP contribution in [0, 0.1) is 0 Å². The van der Waals surface area contributed by atoms with E-state index in [4.69, 9.17) is 4.74 Å². The lowest BCUT2D eigenvalue weighted by molar-refractivity contribution is 0.104. The number of hydrogen-bond donors (Lipinski definition) is 1. The number of methoxy groups -OCH3 is 1. The number of halogens is 1. The zero-order valence-electron chi connectivity index (χ0n) is 10.8. The molecule has 2 rings (SSSR count). The van der Waals surface area contributed by atoms with Gasteiger partial charge >= 0.3 is 0 Å². The number of allylic oxidation sites excluding steroid dienone is 1. The topological polar surface area (TPSA) is 46.5 Å². The molecule has 0 saturated carbocycles. The summed E-state index contributed by atoms with van der Waals surface area (Å²) in [7, 11) is 1.55. The van der Waals surface area contributed by atoms with Crippen LogP contribution in [0.4, 0.5) is 0 Å². The molecule has 0 unspecified atom stereocenters. The number of phenols is 1. The summed E-state index contributed by atoms with van der Waals surface area (Å²) in [5.41, 5.74) is 1.12. The molecule has 0 radical (unpaired) electrons. The van der Waals surface area contributed by atoms with E-state index in [2.05, 4.69) is 15.9 Å². The van der Waals surface area contributed by atoms with Gasteiger partial charge in [0.1, 0.15) is 11.5 Å². The SMILES string of the molecule is COc1cccc(C(=O)/C=C/c2cc(Br)ccc2O)c1. The van der Waals surface area contributed by atoms with Crippen LogP contribution in [0.1, 0.15) is 15.9 Å². The summed E-state index contributed by atoms with van der Waals surface area (Å²) in [6.07, 6.45) is 3.01. The van der Waals surface area contributed by atoms with Crippen molar-refractivity contribution < 1.29 is 14.6 Å². The Kier molecular flexibility index (Phi) is 4.58. The van der Waals surface area contributed by atoms with Gasteiger partial charge in [-0.3, -0.25) is 4.79 Å². The molecule has 0 amide bonds. The van der Waals surface area contributed by atoms with Gasteiger partial charge in [-0.15, -0.1) is 0 Å². The number of phenolic OH excluding ortho intramolecular Hbond substituents is 1. The average molecular weight is 333 g/mol. The summed E-state index contributed by atoms with van der Waals surface area (Å²) in [5.74, 6) is 0.612. The van der Waals surface area contributed by atoms with Crippen molar-refractivity contribution >= 4 is 27.8 Å². The molecule has 2 aromatic rings. The number of ether oxygens (including phenoxy) is 1.